The Hall–Kier alpha value is -2.67. The van der Waals surface area contributed by atoms with Crippen molar-refractivity contribution in [2.75, 3.05) is 12.4 Å². The molecule has 0 aromatic heterocycles. The van der Waals surface area contributed by atoms with Crippen LogP contribution in [0.2, 0.25) is 0 Å². The molecular formula is C23H28O6S. The molecule has 7 heteroatoms. The van der Waals surface area contributed by atoms with E-state index in [0.29, 0.717) is 0 Å². The van der Waals surface area contributed by atoms with Crippen LogP contribution in [-0.2, 0) is 41.9 Å². The molecule has 0 saturated carbocycles. The van der Waals surface area contributed by atoms with Crippen molar-refractivity contribution < 1.29 is 27.5 Å². The Bertz CT molecular complexity index is 936. The summed E-state index contributed by atoms with van der Waals surface area (Å²) < 4.78 is 35.1. The fourth-order valence-corrected chi connectivity index (χ4v) is 4.28. The number of esters is 2. The Morgan fingerprint density at radius 1 is 0.900 bits per heavy atom. The standard InChI is InChI=1S/C23H28O6S/c1-18(24)29-17-23(2,3)30(26,27)16-21(14-19-10-6-4-7-11-19)22(25)28-15-20-12-8-5-9-13-20/h4-13,21H,14-17H2,1-3H3. The minimum atomic E-state index is -3.78. The maximum Gasteiger partial charge on any atom is 0.310 e. The molecule has 0 spiro atoms. The molecule has 0 fully saturated rings. The van der Waals surface area contributed by atoms with Gasteiger partial charge in [0.15, 0.2) is 9.84 Å². The van der Waals surface area contributed by atoms with Gasteiger partial charge in [-0.05, 0) is 31.4 Å². The molecule has 30 heavy (non-hydrogen) atoms. The van der Waals surface area contributed by atoms with Crippen LogP contribution in [0.1, 0.15) is 31.9 Å². The normalized spacial score (nSPS) is 12.8. The summed E-state index contributed by atoms with van der Waals surface area (Å²) in [7, 11) is -3.78. The van der Waals surface area contributed by atoms with Gasteiger partial charge in [0.25, 0.3) is 0 Å². The van der Waals surface area contributed by atoms with Gasteiger partial charge in [-0.25, -0.2) is 8.42 Å². The SMILES string of the molecule is CC(=O)OCC(C)(C)S(=O)(=O)CC(Cc1ccccc1)C(=O)OCc1ccccc1. The van der Waals surface area contributed by atoms with Crippen molar-refractivity contribution in [3.05, 3.63) is 71.8 Å². The predicted molar refractivity (Wildman–Crippen MR) is 114 cm³/mol. The fraction of sp³-hybridized carbons (Fsp3) is 0.391. The minimum absolute atomic E-state index is 0.0713. The Labute approximate surface area is 178 Å². The molecule has 6 nitrogen and oxygen atoms in total. The lowest BCUT2D eigenvalue weighted by Gasteiger charge is -2.26. The fourth-order valence-electron chi connectivity index (χ4n) is 2.81. The average molecular weight is 433 g/mol. The summed E-state index contributed by atoms with van der Waals surface area (Å²) in [5.74, 6) is -2.40. The second kappa shape index (κ2) is 10.4. The van der Waals surface area contributed by atoms with Crippen LogP contribution >= 0.6 is 0 Å². The second-order valence-electron chi connectivity index (χ2n) is 7.80. The highest BCUT2D eigenvalue weighted by Crippen LogP contribution is 2.23. The summed E-state index contributed by atoms with van der Waals surface area (Å²) in [5.41, 5.74) is 1.66. The van der Waals surface area contributed by atoms with E-state index >= 15 is 0 Å². The first-order valence-corrected chi connectivity index (χ1v) is 11.4. The van der Waals surface area contributed by atoms with Gasteiger partial charge in [0.2, 0.25) is 0 Å². The molecule has 0 N–H and O–H groups in total. The van der Waals surface area contributed by atoms with Gasteiger partial charge < -0.3 is 9.47 Å². The van der Waals surface area contributed by atoms with E-state index in [1.807, 2.05) is 60.7 Å². The molecule has 0 aliphatic heterocycles. The van der Waals surface area contributed by atoms with Gasteiger partial charge in [0, 0.05) is 6.92 Å². The molecule has 162 valence electrons. The van der Waals surface area contributed by atoms with Crippen LogP contribution in [0.25, 0.3) is 0 Å². The molecule has 0 aliphatic carbocycles. The summed E-state index contributed by atoms with van der Waals surface area (Å²) in [6.07, 6.45) is 0.233. The van der Waals surface area contributed by atoms with Crippen molar-refractivity contribution in [2.24, 2.45) is 5.92 Å². The number of ether oxygens (including phenoxy) is 2. The number of carbonyl (C=O) groups excluding carboxylic acids is 2. The summed E-state index contributed by atoms with van der Waals surface area (Å²) >= 11 is 0. The molecule has 1 atom stereocenters. The Balaban J connectivity index is 2.17. The van der Waals surface area contributed by atoms with E-state index in [2.05, 4.69) is 0 Å². The molecule has 2 aromatic carbocycles. The average Bonchev–Trinajstić information content (AvgIpc) is 2.71. The molecule has 1 unspecified atom stereocenters. The molecule has 2 aromatic rings. The molecule has 0 saturated heterocycles. The third kappa shape index (κ3) is 6.99. The van der Waals surface area contributed by atoms with Crippen LogP contribution in [-0.4, -0.2) is 37.5 Å². The van der Waals surface area contributed by atoms with Crippen LogP contribution in [0.3, 0.4) is 0 Å². The molecule has 0 amide bonds. The number of benzene rings is 2. The number of sulfone groups is 1. The molecule has 2 rings (SSSR count). The minimum Gasteiger partial charge on any atom is -0.464 e. The topological polar surface area (TPSA) is 86.7 Å². The van der Waals surface area contributed by atoms with E-state index < -0.39 is 38.2 Å². The second-order valence-corrected chi connectivity index (χ2v) is 10.5. The zero-order valence-electron chi connectivity index (χ0n) is 17.5. The van der Waals surface area contributed by atoms with Gasteiger partial charge in [-0.2, -0.15) is 0 Å². The number of hydrogen-bond donors (Lipinski definition) is 0. The molecule has 0 radical (unpaired) electrons. The highest BCUT2D eigenvalue weighted by molar-refractivity contribution is 7.92. The quantitative estimate of drug-likeness (QED) is 0.535. The third-order valence-corrected chi connectivity index (χ3v) is 7.41. The van der Waals surface area contributed by atoms with E-state index in [-0.39, 0.29) is 19.6 Å². The number of rotatable bonds is 10. The van der Waals surface area contributed by atoms with Crippen molar-refractivity contribution in [3.63, 3.8) is 0 Å². The van der Waals surface area contributed by atoms with Crippen molar-refractivity contribution in [3.8, 4) is 0 Å². The lowest BCUT2D eigenvalue weighted by atomic mass is 10.0. The smallest absolute Gasteiger partial charge is 0.310 e. The highest BCUT2D eigenvalue weighted by atomic mass is 32.2. The van der Waals surface area contributed by atoms with Crippen LogP contribution in [0.15, 0.2) is 60.7 Å². The number of carbonyl (C=O) groups is 2. The van der Waals surface area contributed by atoms with Gasteiger partial charge >= 0.3 is 11.9 Å². The zero-order valence-corrected chi connectivity index (χ0v) is 18.4. The van der Waals surface area contributed by atoms with Crippen molar-refractivity contribution >= 4 is 21.8 Å². The third-order valence-electron chi connectivity index (χ3n) is 4.77. The summed E-state index contributed by atoms with van der Waals surface area (Å²) in [6.45, 7) is 3.99. The van der Waals surface area contributed by atoms with Crippen molar-refractivity contribution in [1.82, 2.24) is 0 Å². The lowest BCUT2D eigenvalue weighted by Crippen LogP contribution is -2.42. The highest BCUT2D eigenvalue weighted by Gasteiger charge is 2.39. The van der Waals surface area contributed by atoms with E-state index in [0.717, 1.165) is 11.1 Å². The maximum absolute atomic E-state index is 13.0. The Morgan fingerprint density at radius 3 is 1.97 bits per heavy atom. The predicted octanol–water partition coefficient (Wildman–Crippen LogP) is 3.35. The van der Waals surface area contributed by atoms with Crippen LogP contribution in [0, 0.1) is 5.92 Å². The lowest BCUT2D eigenvalue weighted by molar-refractivity contribution is -0.149. The van der Waals surface area contributed by atoms with Gasteiger partial charge in [0.05, 0.1) is 11.7 Å². The summed E-state index contributed by atoms with van der Waals surface area (Å²) in [6, 6.07) is 18.4. The first-order chi connectivity index (χ1) is 14.1. The Morgan fingerprint density at radius 2 is 1.43 bits per heavy atom. The van der Waals surface area contributed by atoms with Gasteiger partial charge in [0.1, 0.15) is 18.0 Å². The first-order valence-electron chi connectivity index (χ1n) is 9.71. The number of hydrogen-bond acceptors (Lipinski definition) is 6. The van der Waals surface area contributed by atoms with Crippen molar-refractivity contribution in [2.45, 2.75) is 38.5 Å². The maximum atomic E-state index is 13.0. The zero-order chi connectivity index (χ0) is 22.2. The molecular weight excluding hydrogens is 404 g/mol. The summed E-state index contributed by atoms with van der Waals surface area (Å²) in [5, 5.41) is 0. The van der Waals surface area contributed by atoms with Crippen LogP contribution < -0.4 is 0 Å². The van der Waals surface area contributed by atoms with Crippen LogP contribution in [0.5, 0.6) is 0 Å². The summed E-state index contributed by atoms with van der Waals surface area (Å²) in [4.78, 5) is 23.9. The van der Waals surface area contributed by atoms with Gasteiger partial charge in [-0.15, -0.1) is 0 Å². The van der Waals surface area contributed by atoms with E-state index in [4.69, 9.17) is 9.47 Å². The molecule has 0 bridgehead atoms. The Kier molecular flexibility index (Phi) is 8.17. The largest absolute Gasteiger partial charge is 0.464 e. The van der Waals surface area contributed by atoms with Gasteiger partial charge in [-0.1, -0.05) is 60.7 Å². The monoisotopic (exact) mass is 432 g/mol. The van der Waals surface area contributed by atoms with Crippen LogP contribution in [0.4, 0.5) is 0 Å². The molecule has 0 heterocycles. The van der Waals surface area contributed by atoms with E-state index in [9.17, 15) is 18.0 Å². The van der Waals surface area contributed by atoms with E-state index in [1.54, 1.807) is 0 Å². The van der Waals surface area contributed by atoms with Crippen molar-refractivity contribution in [1.29, 1.82) is 0 Å². The van der Waals surface area contributed by atoms with Gasteiger partial charge in [-0.3, -0.25) is 9.59 Å². The van der Waals surface area contributed by atoms with E-state index in [1.165, 1.54) is 20.8 Å². The first kappa shape index (κ1) is 23.6. The molecule has 0 aliphatic rings.